The number of carboxylic acid groups (broad SMARTS) is 1. The van der Waals surface area contributed by atoms with Gasteiger partial charge in [-0.2, -0.15) is 0 Å². The van der Waals surface area contributed by atoms with E-state index >= 15 is 0 Å². The highest BCUT2D eigenvalue weighted by Gasteiger charge is 2.15. The summed E-state index contributed by atoms with van der Waals surface area (Å²) in [7, 11) is 0. The molecule has 120 valence electrons. The van der Waals surface area contributed by atoms with Gasteiger partial charge in [-0.25, -0.2) is 23.5 Å². The molecule has 0 amide bonds. The van der Waals surface area contributed by atoms with Crippen LogP contribution in [0.25, 0.3) is 12.2 Å². The summed E-state index contributed by atoms with van der Waals surface area (Å²) in [6.07, 6.45) is 3.20. The van der Waals surface area contributed by atoms with Crippen LogP contribution in [-0.4, -0.2) is 26.0 Å². The van der Waals surface area contributed by atoms with Gasteiger partial charge in [0.25, 0.3) is 6.43 Å². The van der Waals surface area contributed by atoms with Crippen LogP contribution in [0.15, 0.2) is 24.5 Å². The van der Waals surface area contributed by atoms with E-state index in [9.17, 15) is 13.6 Å². The number of hydrogen-bond donors (Lipinski definition) is 1. The first-order valence-electron chi connectivity index (χ1n) is 6.91. The lowest BCUT2D eigenvalue weighted by molar-refractivity contribution is 0.0694. The Bertz CT molecular complexity index is 729. The van der Waals surface area contributed by atoms with Crippen LogP contribution in [-0.2, 0) is 0 Å². The maximum absolute atomic E-state index is 12.4. The molecule has 0 saturated carbocycles. The molecule has 2 heterocycles. The zero-order valence-electron chi connectivity index (χ0n) is 12.6. The SMILES string of the molecule is CC(C)c1nc(/C=C/c2ccc(C(F)F)nc2)ncc1C(=O)O. The van der Waals surface area contributed by atoms with Crippen LogP contribution in [0.2, 0.25) is 0 Å². The highest BCUT2D eigenvalue weighted by molar-refractivity contribution is 5.88. The molecule has 7 heteroatoms. The smallest absolute Gasteiger partial charge is 0.339 e. The Morgan fingerprint density at radius 3 is 2.43 bits per heavy atom. The molecule has 0 fully saturated rings. The minimum Gasteiger partial charge on any atom is -0.478 e. The van der Waals surface area contributed by atoms with Gasteiger partial charge in [0.2, 0.25) is 0 Å². The predicted molar refractivity (Wildman–Crippen MR) is 81.2 cm³/mol. The third-order valence-corrected chi connectivity index (χ3v) is 3.07. The fourth-order valence-corrected chi connectivity index (χ4v) is 1.91. The van der Waals surface area contributed by atoms with Crippen LogP contribution in [0, 0.1) is 0 Å². The summed E-state index contributed by atoms with van der Waals surface area (Å²) in [5.74, 6) is -0.795. The van der Waals surface area contributed by atoms with Crippen LogP contribution >= 0.6 is 0 Å². The molecule has 0 aliphatic rings. The Balaban J connectivity index is 2.25. The molecule has 0 radical (unpaired) electrons. The number of pyridine rings is 1. The van der Waals surface area contributed by atoms with E-state index < -0.39 is 12.4 Å². The molecule has 1 N–H and O–H groups in total. The number of carbonyl (C=O) groups is 1. The van der Waals surface area contributed by atoms with E-state index in [1.807, 2.05) is 13.8 Å². The quantitative estimate of drug-likeness (QED) is 0.907. The van der Waals surface area contributed by atoms with Crippen molar-refractivity contribution >= 4 is 18.1 Å². The second-order valence-electron chi connectivity index (χ2n) is 5.14. The largest absolute Gasteiger partial charge is 0.478 e. The third kappa shape index (κ3) is 4.15. The van der Waals surface area contributed by atoms with Crippen molar-refractivity contribution in [3.63, 3.8) is 0 Å². The van der Waals surface area contributed by atoms with Gasteiger partial charge in [0.1, 0.15) is 5.69 Å². The highest BCUT2D eigenvalue weighted by atomic mass is 19.3. The molecule has 2 rings (SSSR count). The van der Waals surface area contributed by atoms with Crippen molar-refractivity contribution in [2.24, 2.45) is 0 Å². The predicted octanol–water partition coefficient (Wildman–Crippen LogP) is 3.80. The summed E-state index contributed by atoms with van der Waals surface area (Å²) in [5.41, 5.74) is 0.844. The van der Waals surface area contributed by atoms with E-state index in [1.165, 1.54) is 24.5 Å². The van der Waals surface area contributed by atoms with Crippen LogP contribution in [0.5, 0.6) is 0 Å². The summed E-state index contributed by atoms with van der Waals surface area (Å²) >= 11 is 0. The average molecular weight is 319 g/mol. The van der Waals surface area contributed by atoms with Crippen molar-refractivity contribution in [1.82, 2.24) is 15.0 Å². The summed E-state index contributed by atoms with van der Waals surface area (Å²) in [6.45, 7) is 3.69. The first-order chi connectivity index (χ1) is 10.9. The van der Waals surface area contributed by atoms with Gasteiger partial charge in [-0.15, -0.1) is 0 Å². The molecule has 2 aromatic rings. The van der Waals surface area contributed by atoms with Crippen LogP contribution in [0.4, 0.5) is 8.78 Å². The summed E-state index contributed by atoms with van der Waals surface area (Å²) in [5, 5.41) is 9.12. The summed E-state index contributed by atoms with van der Waals surface area (Å²) < 4.78 is 24.8. The normalized spacial score (nSPS) is 11.6. The van der Waals surface area contributed by atoms with Gasteiger partial charge < -0.3 is 5.11 Å². The van der Waals surface area contributed by atoms with E-state index in [-0.39, 0.29) is 17.2 Å². The van der Waals surface area contributed by atoms with Crippen molar-refractivity contribution in [3.8, 4) is 0 Å². The third-order valence-electron chi connectivity index (χ3n) is 3.07. The van der Waals surface area contributed by atoms with Gasteiger partial charge in [-0.3, -0.25) is 4.98 Å². The molecule has 0 aliphatic carbocycles. The molecule has 0 saturated heterocycles. The van der Waals surface area contributed by atoms with Gasteiger partial charge in [-0.1, -0.05) is 19.9 Å². The lowest BCUT2D eigenvalue weighted by atomic mass is 10.1. The van der Waals surface area contributed by atoms with Gasteiger partial charge in [-0.05, 0) is 29.7 Å². The fourth-order valence-electron chi connectivity index (χ4n) is 1.91. The van der Waals surface area contributed by atoms with E-state index in [0.29, 0.717) is 17.1 Å². The monoisotopic (exact) mass is 319 g/mol. The minimum atomic E-state index is -2.60. The van der Waals surface area contributed by atoms with Crippen molar-refractivity contribution in [2.45, 2.75) is 26.2 Å². The van der Waals surface area contributed by atoms with E-state index in [4.69, 9.17) is 5.11 Å². The number of carboxylic acids is 1. The molecular weight excluding hydrogens is 304 g/mol. The van der Waals surface area contributed by atoms with Gasteiger partial charge in [0.05, 0.1) is 11.3 Å². The lowest BCUT2D eigenvalue weighted by Crippen LogP contribution is -2.08. The zero-order valence-corrected chi connectivity index (χ0v) is 12.6. The molecule has 0 atom stereocenters. The van der Waals surface area contributed by atoms with Crippen molar-refractivity contribution < 1.29 is 18.7 Å². The summed E-state index contributed by atoms with van der Waals surface area (Å²) in [6, 6.07) is 2.76. The van der Waals surface area contributed by atoms with Crippen molar-refractivity contribution in [3.05, 3.63) is 52.9 Å². The lowest BCUT2D eigenvalue weighted by Gasteiger charge is -2.08. The van der Waals surface area contributed by atoms with E-state index in [0.717, 1.165) is 0 Å². The Hall–Kier alpha value is -2.70. The van der Waals surface area contributed by atoms with E-state index in [1.54, 1.807) is 12.2 Å². The first kappa shape index (κ1) is 16.7. The van der Waals surface area contributed by atoms with Crippen LogP contribution in [0.1, 0.15) is 59.3 Å². The van der Waals surface area contributed by atoms with E-state index in [2.05, 4.69) is 15.0 Å². The van der Waals surface area contributed by atoms with Crippen molar-refractivity contribution in [1.29, 1.82) is 0 Å². The van der Waals surface area contributed by atoms with Crippen molar-refractivity contribution in [2.75, 3.05) is 0 Å². The Kier molecular flexibility index (Phi) is 5.10. The molecule has 0 unspecified atom stereocenters. The molecule has 0 bridgehead atoms. The fraction of sp³-hybridized carbons (Fsp3) is 0.250. The number of halogens is 2. The average Bonchev–Trinajstić information content (AvgIpc) is 2.52. The van der Waals surface area contributed by atoms with Gasteiger partial charge >= 0.3 is 5.97 Å². The molecule has 23 heavy (non-hydrogen) atoms. The number of aromatic carboxylic acids is 1. The molecular formula is C16H15F2N3O2. The number of alkyl halides is 2. The summed E-state index contributed by atoms with van der Waals surface area (Å²) in [4.78, 5) is 23.0. The molecule has 0 aliphatic heterocycles. The Morgan fingerprint density at radius 1 is 1.17 bits per heavy atom. The second-order valence-corrected chi connectivity index (χ2v) is 5.14. The highest BCUT2D eigenvalue weighted by Crippen LogP contribution is 2.18. The second kappa shape index (κ2) is 7.04. The first-order valence-corrected chi connectivity index (χ1v) is 6.91. The maximum atomic E-state index is 12.4. The van der Waals surface area contributed by atoms with Gasteiger partial charge in [0, 0.05) is 12.4 Å². The number of aromatic nitrogens is 3. The maximum Gasteiger partial charge on any atom is 0.339 e. The van der Waals surface area contributed by atoms with Crippen LogP contribution < -0.4 is 0 Å². The number of hydrogen-bond acceptors (Lipinski definition) is 4. The van der Waals surface area contributed by atoms with Gasteiger partial charge in [0.15, 0.2) is 5.82 Å². The van der Waals surface area contributed by atoms with Crippen LogP contribution in [0.3, 0.4) is 0 Å². The minimum absolute atomic E-state index is 0.0664. The topological polar surface area (TPSA) is 76.0 Å². The molecule has 2 aromatic heterocycles. The molecule has 5 nitrogen and oxygen atoms in total. The zero-order chi connectivity index (χ0) is 17.0. The Labute approximate surface area is 131 Å². The Morgan fingerprint density at radius 2 is 1.91 bits per heavy atom. The standard InChI is InChI=1S/C16H15F2N3O2/c1-9(2)14-11(16(22)23)8-20-13(21-14)6-4-10-3-5-12(15(17)18)19-7-10/h3-9,15H,1-2H3,(H,22,23)/b6-4+. The number of nitrogens with zero attached hydrogens (tertiary/aromatic N) is 3. The molecule has 0 aromatic carbocycles. The molecule has 0 spiro atoms. The number of rotatable bonds is 5.